The van der Waals surface area contributed by atoms with Gasteiger partial charge in [-0.05, 0) is 31.0 Å². The molecule has 100 valence electrons. The Balaban J connectivity index is 2.30. The van der Waals surface area contributed by atoms with Gasteiger partial charge in [-0.3, -0.25) is 0 Å². The number of aliphatic hydroxyl groups is 1. The molecule has 0 spiro atoms. The van der Waals surface area contributed by atoms with Crippen LogP contribution in [0.2, 0.25) is 0 Å². The predicted molar refractivity (Wildman–Crippen MR) is 74.3 cm³/mol. The maximum absolute atomic E-state index is 9.48. The van der Waals surface area contributed by atoms with Crippen molar-refractivity contribution >= 4 is 15.9 Å². The van der Waals surface area contributed by atoms with Gasteiger partial charge in [-0.25, -0.2) is 0 Å². The van der Waals surface area contributed by atoms with Crippen LogP contribution in [0, 0.1) is 5.41 Å². The summed E-state index contributed by atoms with van der Waals surface area (Å²) in [6, 6.07) is 3.88. The molecule has 1 unspecified atom stereocenters. The summed E-state index contributed by atoms with van der Waals surface area (Å²) in [6.07, 6.45) is 0.225. The van der Waals surface area contributed by atoms with E-state index in [0.29, 0.717) is 19.6 Å². The summed E-state index contributed by atoms with van der Waals surface area (Å²) in [5, 5.41) is 9.48. The van der Waals surface area contributed by atoms with Gasteiger partial charge in [-0.15, -0.1) is 0 Å². The Hall–Kier alpha value is -0.740. The fraction of sp³-hybridized carbons (Fsp3) is 0.571. The Labute approximate surface area is 116 Å². The van der Waals surface area contributed by atoms with E-state index in [9.17, 15) is 5.11 Å². The van der Waals surface area contributed by atoms with Crippen LogP contribution in [0.5, 0.6) is 11.5 Å². The van der Waals surface area contributed by atoms with Crippen LogP contribution >= 0.6 is 15.9 Å². The molecule has 18 heavy (non-hydrogen) atoms. The Kier molecular flexibility index (Phi) is 3.87. The van der Waals surface area contributed by atoms with Crippen molar-refractivity contribution in [3.05, 3.63) is 22.2 Å². The number of rotatable bonds is 2. The second-order valence-electron chi connectivity index (χ2n) is 5.69. The zero-order chi connectivity index (χ0) is 13.3. The molecule has 0 aliphatic carbocycles. The van der Waals surface area contributed by atoms with Crippen LogP contribution in [-0.2, 0) is 6.42 Å². The van der Waals surface area contributed by atoms with E-state index in [0.717, 1.165) is 21.5 Å². The summed E-state index contributed by atoms with van der Waals surface area (Å²) in [5.41, 5.74) is 1.04. The molecule has 0 saturated carbocycles. The molecule has 3 nitrogen and oxygen atoms in total. The lowest BCUT2D eigenvalue weighted by molar-refractivity contribution is 0.140. The molecule has 0 bridgehead atoms. The first-order valence-electron chi connectivity index (χ1n) is 6.13. The van der Waals surface area contributed by atoms with Crippen LogP contribution in [0.15, 0.2) is 16.6 Å². The van der Waals surface area contributed by atoms with Gasteiger partial charge in [0.2, 0.25) is 0 Å². The van der Waals surface area contributed by atoms with Crippen LogP contribution < -0.4 is 9.47 Å². The van der Waals surface area contributed by atoms with Crippen LogP contribution in [0.1, 0.15) is 26.3 Å². The van der Waals surface area contributed by atoms with E-state index in [2.05, 4.69) is 29.8 Å². The summed E-state index contributed by atoms with van der Waals surface area (Å²) in [6.45, 7) is 7.28. The molecule has 1 atom stereocenters. The topological polar surface area (TPSA) is 38.7 Å². The van der Waals surface area contributed by atoms with Gasteiger partial charge in [0.15, 0.2) is 11.5 Å². The first kappa shape index (κ1) is 13.7. The van der Waals surface area contributed by atoms with Gasteiger partial charge < -0.3 is 14.6 Å². The van der Waals surface area contributed by atoms with Crippen LogP contribution in [0.3, 0.4) is 0 Å². The molecule has 1 aliphatic rings. The van der Waals surface area contributed by atoms with Crippen molar-refractivity contribution in [2.45, 2.75) is 33.3 Å². The highest BCUT2D eigenvalue weighted by molar-refractivity contribution is 9.10. The fourth-order valence-electron chi connectivity index (χ4n) is 1.87. The molecule has 1 N–H and O–H groups in total. The van der Waals surface area contributed by atoms with Crippen molar-refractivity contribution in [3.63, 3.8) is 0 Å². The molecular formula is C14H19BrO3. The number of halogens is 1. The van der Waals surface area contributed by atoms with Crippen LogP contribution in [-0.4, -0.2) is 24.4 Å². The number of ether oxygens (including phenoxy) is 2. The summed E-state index contributed by atoms with van der Waals surface area (Å²) in [7, 11) is 0. The largest absolute Gasteiger partial charge is 0.489 e. The standard InChI is InChI=1S/C14H19BrO3/c1-9(16)4-10-5-12-13(6-11(10)15)18-8-14(2,3)7-17-12/h5-6,9,16H,4,7-8H2,1-3H3. The molecule has 2 rings (SSSR count). The molecule has 0 fully saturated rings. The minimum absolute atomic E-state index is 0.00985. The minimum atomic E-state index is -0.373. The average molecular weight is 315 g/mol. The molecule has 4 heteroatoms. The highest BCUT2D eigenvalue weighted by Gasteiger charge is 2.26. The third kappa shape index (κ3) is 3.18. The molecule has 1 aliphatic heterocycles. The number of hydrogen-bond donors (Lipinski definition) is 1. The summed E-state index contributed by atoms with van der Waals surface area (Å²) < 4.78 is 12.5. The van der Waals surface area contributed by atoms with Gasteiger partial charge >= 0.3 is 0 Å². The lowest BCUT2D eigenvalue weighted by Gasteiger charge is -2.19. The van der Waals surface area contributed by atoms with Crippen molar-refractivity contribution in [1.82, 2.24) is 0 Å². The van der Waals surface area contributed by atoms with Gasteiger partial charge in [0.25, 0.3) is 0 Å². The quantitative estimate of drug-likeness (QED) is 0.911. The molecule has 1 aromatic carbocycles. The van der Waals surface area contributed by atoms with Crippen LogP contribution in [0.25, 0.3) is 0 Å². The van der Waals surface area contributed by atoms with Gasteiger partial charge in [0, 0.05) is 9.89 Å². The maximum atomic E-state index is 9.48. The third-order valence-corrected chi connectivity index (χ3v) is 3.60. The zero-order valence-corrected chi connectivity index (χ0v) is 12.6. The van der Waals surface area contributed by atoms with E-state index in [-0.39, 0.29) is 11.5 Å². The number of fused-ring (bicyclic) bond motifs is 1. The van der Waals surface area contributed by atoms with Crippen molar-refractivity contribution in [2.24, 2.45) is 5.41 Å². The Morgan fingerprint density at radius 1 is 1.28 bits per heavy atom. The summed E-state index contributed by atoms with van der Waals surface area (Å²) >= 11 is 3.51. The van der Waals surface area contributed by atoms with E-state index < -0.39 is 0 Å². The number of benzene rings is 1. The van der Waals surface area contributed by atoms with Crippen molar-refractivity contribution in [3.8, 4) is 11.5 Å². The molecule has 0 amide bonds. The molecule has 1 heterocycles. The van der Waals surface area contributed by atoms with Gasteiger partial charge in [-0.2, -0.15) is 0 Å². The number of hydrogen-bond acceptors (Lipinski definition) is 3. The Bertz CT molecular complexity index is 441. The third-order valence-electron chi connectivity index (χ3n) is 2.86. The van der Waals surface area contributed by atoms with E-state index in [4.69, 9.17) is 9.47 Å². The normalized spacial score (nSPS) is 19.2. The van der Waals surface area contributed by atoms with Gasteiger partial charge in [-0.1, -0.05) is 29.8 Å². The lowest BCUT2D eigenvalue weighted by Crippen LogP contribution is -2.26. The van der Waals surface area contributed by atoms with Gasteiger partial charge in [0.05, 0.1) is 19.3 Å². The smallest absolute Gasteiger partial charge is 0.162 e. The fourth-order valence-corrected chi connectivity index (χ4v) is 2.35. The first-order chi connectivity index (χ1) is 8.37. The maximum Gasteiger partial charge on any atom is 0.162 e. The predicted octanol–water partition coefficient (Wildman–Crippen LogP) is 3.17. The minimum Gasteiger partial charge on any atom is -0.489 e. The monoisotopic (exact) mass is 314 g/mol. The molecule has 0 radical (unpaired) electrons. The van der Waals surface area contributed by atoms with Gasteiger partial charge in [0.1, 0.15) is 0 Å². The van der Waals surface area contributed by atoms with E-state index >= 15 is 0 Å². The zero-order valence-electron chi connectivity index (χ0n) is 11.0. The van der Waals surface area contributed by atoms with E-state index in [1.807, 2.05) is 12.1 Å². The SMILES string of the molecule is CC(O)Cc1cc2c(cc1Br)OCC(C)(C)CO2. The first-order valence-corrected chi connectivity index (χ1v) is 6.93. The lowest BCUT2D eigenvalue weighted by atomic mass is 9.97. The Morgan fingerprint density at radius 2 is 1.83 bits per heavy atom. The second kappa shape index (κ2) is 5.10. The van der Waals surface area contributed by atoms with Crippen molar-refractivity contribution in [1.29, 1.82) is 0 Å². The molecule has 0 saturated heterocycles. The molecular weight excluding hydrogens is 296 g/mol. The van der Waals surface area contributed by atoms with Crippen LogP contribution in [0.4, 0.5) is 0 Å². The molecule has 0 aromatic heterocycles. The van der Waals surface area contributed by atoms with E-state index in [1.54, 1.807) is 6.92 Å². The summed E-state index contributed by atoms with van der Waals surface area (Å²) in [5.74, 6) is 1.53. The average Bonchev–Trinajstić information content (AvgIpc) is 2.39. The highest BCUT2D eigenvalue weighted by atomic mass is 79.9. The van der Waals surface area contributed by atoms with E-state index in [1.165, 1.54) is 0 Å². The number of aliphatic hydroxyl groups excluding tert-OH is 1. The second-order valence-corrected chi connectivity index (χ2v) is 6.54. The Morgan fingerprint density at radius 3 is 2.39 bits per heavy atom. The molecule has 1 aromatic rings. The summed E-state index contributed by atoms with van der Waals surface area (Å²) in [4.78, 5) is 0. The highest BCUT2D eigenvalue weighted by Crippen LogP contribution is 2.38. The van der Waals surface area contributed by atoms with Crippen molar-refractivity contribution in [2.75, 3.05) is 13.2 Å². The van der Waals surface area contributed by atoms with Crippen molar-refractivity contribution < 1.29 is 14.6 Å².